The third-order valence-electron chi connectivity index (χ3n) is 2.15. The van der Waals surface area contributed by atoms with Crippen LogP contribution >= 0.6 is 11.8 Å². The maximum atomic E-state index is 11.6. The molecule has 0 unspecified atom stereocenters. The lowest BCUT2D eigenvalue weighted by atomic mass is 10.2. The summed E-state index contributed by atoms with van der Waals surface area (Å²) in [5.41, 5.74) is 0.393. The molecule has 1 amide bonds. The number of hydrogen-bond acceptors (Lipinski definition) is 6. The minimum absolute atomic E-state index is 0.214. The summed E-state index contributed by atoms with van der Waals surface area (Å²) in [6, 6.07) is 8.26. The summed E-state index contributed by atoms with van der Waals surface area (Å²) >= 11 is 0.636. The predicted octanol–water partition coefficient (Wildman–Crippen LogP) is -1.98. The van der Waals surface area contributed by atoms with E-state index in [-0.39, 0.29) is 6.54 Å². The zero-order valence-corrected chi connectivity index (χ0v) is 10.6. The molecule has 0 aliphatic rings. The van der Waals surface area contributed by atoms with Crippen molar-refractivity contribution in [3.8, 4) is 0 Å². The number of rotatable bonds is 7. The van der Waals surface area contributed by atoms with E-state index in [9.17, 15) is 24.6 Å². The monoisotopic (exact) mass is 281 g/mol. The molecule has 0 fully saturated rings. The molecule has 102 valence electrons. The fourth-order valence-corrected chi connectivity index (χ4v) is 1.93. The van der Waals surface area contributed by atoms with Crippen LogP contribution in [0.5, 0.6) is 0 Å². The summed E-state index contributed by atoms with van der Waals surface area (Å²) < 4.78 is 0. The van der Waals surface area contributed by atoms with Crippen LogP contribution in [0.15, 0.2) is 30.3 Å². The first-order chi connectivity index (χ1) is 9.00. The third kappa shape index (κ3) is 5.43. The molecule has 0 saturated heterocycles. The van der Waals surface area contributed by atoms with Gasteiger partial charge in [0.2, 0.25) is 0 Å². The van der Waals surface area contributed by atoms with E-state index < -0.39 is 28.8 Å². The zero-order chi connectivity index (χ0) is 14.3. The molecule has 0 bridgehead atoms. The van der Waals surface area contributed by atoms with Gasteiger partial charge < -0.3 is 25.1 Å². The van der Waals surface area contributed by atoms with Crippen LogP contribution in [-0.4, -0.2) is 35.4 Å². The van der Waals surface area contributed by atoms with Gasteiger partial charge in [-0.3, -0.25) is 4.79 Å². The number of thioether (sulfide) groups is 1. The SMILES string of the molecule is O=C([O-])CS[C@@H](CNC(=O)c1ccccc1)C(=O)[O-]. The first-order valence-electron chi connectivity index (χ1n) is 5.36. The Morgan fingerprint density at radius 1 is 1.16 bits per heavy atom. The van der Waals surface area contributed by atoms with E-state index in [1.165, 1.54) is 0 Å². The lowest BCUT2D eigenvalue weighted by Gasteiger charge is -2.18. The Labute approximate surface area is 113 Å². The first-order valence-corrected chi connectivity index (χ1v) is 6.41. The van der Waals surface area contributed by atoms with E-state index in [4.69, 9.17) is 0 Å². The molecule has 1 aromatic rings. The summed E-state index contributed by atoms with van der Waals surface area (Å²) in [6.07, 6.45) is 0. The van der Waals surface area contributed by atoms with Crippen molar-refractivity contribution in [3.05, 3.63) is 35.9 Å². The lowest BCUT2D eigenvalue weighted by molar-refractivity contribution is -0.304. The van der Waals surface area contributed by atoms with Gasteiger partial charge in [0.05, 0.1) is 17.2 Å². The van der Waals surface area contributed by atoms with Gasteiger partial charge in [0.15, 0.2) is 0 Å². The second-order valence-corrected chi connectivity index (χ2v) is 4.76. The van der Waals surface area contributed by atoms with Crippen LogP contribution in [0, 0.1) is 0 Å². The quantitative estimate of drug-likeness (QED) is 0.620. The number of nitrogens with one attached hydrogen (secondary N) is 1. The molecule has 0 aliphatic heterocycles. The van der Waals surface area contributed by atoms with Crippen LogP contribution in [0.1, 0.15) is 10.4 Å². The summed E-state index contributed by atoms with van der Waals surface area (Å²) in [4.78, 5) is 32.7. The van der Waals surface area contributed by atoms with Crippen molar-refractivity contribution in [2.24, 2.45) is 0 Å². The van der Waals surface area contributed by atoms with Crippen molar-refractivity contribution in [2.75, 3.05) is 12.3 Å². The fourth-order valence-electron chi connectivity index (χ4n) is 1.26. The standard InChI is InChI=1S/C12H13NO5S/c14-10(15)7-19-9(12(17)18)6-13-11(16)8-4-2-1-3-5-8/h1-5,9H,6-7H2,(H,13,16)(H,14,15)(H,17,18)/p-2/t9-/m0/s1. The highest BCUT2D eigenvalue weighted by molar-refractivity contribution is 8.01. The molecule has 0 aromatic heterocycles. The molecule has 1 aromatic carbocycles. The molecule has 19 heavy (non-hydrogen) atoms. The number of aliphatic carboxylic acids is 2. The number of hydrogen-bond donors (Lipinski definition) is 1. The molecular formula is C12H11NO5S-2. The molecule has 0 saturated carbocycles. The minimum atomic E-state index is -1.43. The Hall–Kier alpha value is -2.02. The number of carboxylic acid groups (broad SMARTS) is 2. The maximum absolute atomic E-state index is 11.6. The van der Waals surface area contributed by atoms with Gasteiger partial charge in [-0.15, -0.1) is 11.8 Å². The smallest absolute Gasteiger partial charge is 0.251 e. The van der Waals surface area contributed by atoms with E-state index in [1.54, 1.807) is 30.3 Å². The van der Waals surface area contributed by atoms with E-state index in [0.29, 0.717) is 17.3 Å². The molecule has 0 radical (unpaired) electrons. The summed E-state index contributed by atoms with van der Waals surface area (Å²) in [5.74, 6) is -3.70. The Morgan fingerprint density at radius 2 is 1.79 bits per heavy atom. The second-order valence-electron chi connectivity index (χ2n) is 3.57. The van der Waals surface area contributed by atoms with Crippen molar-refractivity contribution in [1.82, 2.24) is 5.32 Å². The highest BCUT2D eigenvalue weighted by Crippen LogP contribution is 2.09. The van der Waals surface area contributed by atoms with Crippen LogP contribution in [0.2, 0.25) is 0 Å². The molecule has 6 nitrogen and oxygen atoms in total. The van der Waals surface area contributed by atoms with E-state index in [0.717, 1.165) is 0 Å². The second kappa shape index (κ2) is 7.42. The highest BCUT2D eigenvalue weighted by Gasteiger charge is 2.13. The van der Waals surface area contributed by atoms with Crippen molar-refractivity contribution in [2.45, 2.75) is 5.25 Å². The molecule has 0 aliphatic carbocycles. The van der Waals surface area contributed by atoms with Crippen LogP contribution < -0.4 is 15.5 Å². The summed E-state index contributed by atoms with van der Waals surface area (Å²) in [6.45, 7) is -0.214. The average Bonchev–Trinajstić information content (AvgIpc) is 2.38. The van der Waals surface area contributed by atoms with Crippen LogP contribution in [-0.2, 0) is 9.59 Å². The molecule has 1 rings (SSSR count). The highest BCUT2D eigenvalue weighted by atomic mass is 32.2. The van der Waals surface area contributed by atoms with Gasteiger partial charge in [0, 0.05) is 17.9 Å². The predicted molar refractivity (Wildman–Crippen MR) is 65.0 cm³/mol. The molecule has 7 heteroatoms. The van der Waals surface area contributed by atoms with Gasteiger partial charge in [-0.2, -0.15) is 0 Å². The molecule has 1 atom stereocenters. The molecular weight excluding hydrogens is 270 g/mol. The third-order valence-corrected chi connectivity index (χ3v) is 3.31. The van der Waals surface area contributed by atoms with Crippen molar-refractivity contribution < 1.29 is 24.6 Å². The van der Waals surface area contributed by atoms with Gasteiger partial charge in [-0.1, -0.05) is 18.2 Å². The van der Waals surface area contributed by atoms with Crippen LogP contribution in [0.25, 0.3) is 0 Å². The lowest BCUT2D eigenvalue weighted by Crippen LogP contribution is -2.43. The Balaban J connectivity index is 2.50. The van der Waals surface area contributed by atoms with Crippen molar-refractivity contribution in [1.29, 1.82) is 0 Å². The Kier molecular flexibility index (Phi) is 5.87. The number of carbonyl (C=O) groups excluding carboxylic acids is 3. The van der Waals surface area contributed by atoms with Gasteiger partial charge in [-0.25, -0.2) is 0 Å². The average molecular weight is 281 g/mol. The Bertz CT molecular complexity index is 462. The van der Waals surface area contributed by atoms with Gasteiger partial charge >= 0.3 is 0 Å². The Morgan fingerprint density at radius 3 is 2.32 bits per heavy atom. The first kappa shape index (κ1) is 15.0. The zero-order valence-electron chi connectivity index (χ0n) is 9.83. The van der Waals surface area contributed by atoms with E-state index in [1.807, 2.05) is 0 Å². The van der Waals surface area contributed by atoms with Gasteiger partial charge in [0.1, 0.15) is 0 Å². The van der Waals surface area contributed by atoms with Crippen molar-refractivity contribution in [3.63, 3.8) is 0 Å². The number of carbonyl (C=O) groups is 3. The fraction of sp³-hybridized carbons (Fsp3) is 0.250. The largest absolute Gasteiger partial charge is 0.549 e. The molecule has 0 heterocycles. The van der Waals surface area contributed by atoms with E-state index in [2.05, 4.69) is 5.32 Å². The number of benzene rings is 1. The van der Waals surface area contributed by atoms with Crippen LogP contribution in [0.3, 0.4) is 0 Å². The van der Waals surface area contributed by atoms with Crippen molar-refractivity contribution >= 4 is 29.6 Å². The number of carboxylic acids is 2. The summed E-state index contributed by atoms with van der Waals surface area (Å²) in [7, 11) is 0. The topological polar surface area (TPSA) is 109 Å². The van der Waals surface area contributed by atoms with Crippen LogP contribution in [0.4, 0.5) is 0 Å². The summed E-state index contributed by atoms with van der Waals surface area (Å²) in [5, 5.41) is 22.3. The van der Waals surface area contributed by atoms with E-state index >= 15 is 0 Å². The van der Waals surface area contributed by atoms with Gasteiger partial charge in [-0.05, 0) is 12.1 Å². The van der Waals surface area contributed by atoms with Gasteiger partial charge in [0.25, 0.3) is 5.91 Å². The molecule has 1 N–H and O–H groups in total. The minimum Gasteiger partial charge on any atom is -0.549 e. The maximum Gasteiger partial charge on any atom is 0.251 e. The molecule has 0 spiro atoms. The number of amides is 1. The normalized spacial score (nSPS) is 11.6.